The van der Waals surface area contributed by atoms with Gasteiger partial charge in [0.1, 0.15) is 12.1 Å². The number of fused-ring (bicyclic) bond motifs is 1. The Morgan fingerprint density at radius 2 is 1.55 bits per heavy atom. The van der Waals surface area contributed by atoms with E-state index in [0.29, 0.717) is 6.54 Å². The number of carbonyl (C=O) groups is 4. The Balaban J connectivity index is 2.10. The lowest BCUT2D eigenvalue weighted by Crippen LogP contribution is -2.52. The number of nitrogens with two attached hydrogens (primary N) is 1. The van der Waals surface area contributed by atoms with Crippen LogP contribution in [0, 0.1) is 11.3 Å². The highest BCUT2D eigenvalue weighted by atomic mass is 16.6. The van der Waals surface area contributed by atoms with Crippen molar-refractivity contribution in [2.45, 2.75) is 85.5 Å². The van der Waals surface area contributed by atoms with Gasteiger partial charge in [-0.3, -0.25) is 14.4 Å². The molecule has 0 bridgehead atoms. The average molecular weight is 527 g/mol. The third-order valence-corrected chi connectivity index (χ3v) is 6.11. The molecule has 38 heavy (non-hydrogen) atoms. The van der Waals surface area contributed by atoms with E-state index in [1.807, 2.05) is 84.0 Å². The second-order valence-electron chi connectivity index (χ2n) is 11.7. The Morgan fingerprint density at radius 3 is 2.16 bits per heavy atom. The molecule has 0 spiro atoms. The fraction of sp³-hybridized carbons (Fsp3) is 0.517. The summed E-state index contributed by atoms with van der Waals surface area (Å²) in [5.41, 5.74) is 5.19. The molecule has 2 rings (SSSR count). The van der Waals surface area contributed by atoms with E-state index < -0.39 is 41.0 Å². The van der Waals surface area contributed by atoms with Crippen molar-refractivity contribution in [3.8, 4) is 0 Å². The largest absolute Gasteiger partial charge is 0.446 e. The predicted octanol–water partition coefficient (Wildman–Crippen LogP) is 3.78. The summed E-state index contributed by atoms with van der Waals surface area (Å²) in [6, 6.07) is 12.9. The molecular formula is C29H42N4O5. The summed E-state index contributed by atoms with van der Waals surface area (Å²) in [5, 5.41) is 10.6. The first kappa shape index (κ1) is 30.6. The molecule has 0 fully saturated rings. The van der Waals surface area contributed by atoms with E-state index >= 15 is 0 Å². The van der Waals surface area contributed by atoms with Crippen LogP contribution in [0.2, 0.25) is 0 Å². The molecular weight excluding hydrogens is 484 g/mol. The summed E-state index contributed by atoms with van der Waals surface area (Å²) in [6.07, 6.45) is -1.85. The third kappa shape index (κ3) is 9.36. The highest BCUT2D eigenvalue weighted by Crippen LogP contribution is 2.33. The van der Waals surface area contributed by atoms with Crippen LogP contribution in [0.5, 0.6) is 0 Å². The van der Waals surface area contributed by atoms with Crippen molar-refractivity contribution in [2.75, 3.05) is 0 Å². The van der Waals surface area contributed by atoms with Crippen molar-refractivity contribution in [2.24, 2.45) is 17.1 Å². The first-order chi connectivity index (χ1) is 17.6. The number of hydrogen-bond donors (Lipinski definition) is 4. The van der Waals surface area contributed by atoms with Crippen LogP contribution in [-0.2, 0) is 25.7 Å². The van der Waals surface area contributed by atoms with Crippen LogP contribution < -0.4 is 21.7 Å². The van der Waals surface area contributed by atoms with Crippen LogP contribution in [0.4, 0.5) is 4.79 Å². The maximum Gasteiger partial charge on any atom is 0.404 e. The lowest BCUT2D eigenvalue weighted by atomic mass is 9.75. The first-order valence-corrected chi connectivity index (χ1v) is 12.9. The zero-order valence-corrected chi connectivity index (χ0v) is 23.5. The Labute approximate surface area is 225 Å². The average Bonchev–Trinajstić information content (AvgIpc) is 2.78. The number of primary amides is 1. The molecule has 0 heterocycles. The minimum atomic E-state index is -1.03. The molecule has 0 aliphatic heterocycles. The van der Waals surface area contributed by atoms with E-state index in [9.17, 15) is 19.2 Å². The van der Waals surface area contributed by atoms with Gasteiger partial charge in [0.2, 0.25) is 17.7 Å². The van der Waals surface area contributed by atoms with Crippen LogP contribution in [-0.4, -0.2) is 41.5 Å². The highest BCUT2D eigenvalue weighted by molar-refractivity contribution is 5.90. The molecule has 0 saturated carbocycles. The standard InChI is InChI=1S/C29H42N4O5/c1-18(25(35)31-17-20-13-10-12-19-11-8-9-14-21(19)20)32-26(36)24(28(2,3)4)22(38-27(30)37)15-16-23(34)33-29(5,6)7/h8-14,18,22,24H,15-17H2,1-7H3,(H2,30,37)(H,31,35)(H,32,36)(H,33,34). The molecule has 3 unspecified atom stereocenters. The van der Waals surface area contributed by atoms with Crippen molar-refractivity contribution in [3.05, 3.63) is 48.0 Å². The van der Waals surface area contributed by atoms with Crippen LogP contribution in [0.25, 0.3) is 10.8 Å². The molecule has 9 nitrogen and oxygen atoms in total. The van der Waals surface area contributed by atoms with Crippen molar-refractivity contribution in [1.29, 1.82) is 0 Å². The van der Waals surface area contributed by atoms with Gasteiger partial charge in [-0.15, -0.1) is 0 Å². The van der Waals surface area contributed by atoms with E-state index in [1.54, 1.807) is 6.92 Å². The molecule has 9 heteroatoms. The second-order valence-corrected chi connectivity index (χ2v) is 11.7. The molecule has 2 aromatic carbocycles. The molecule has 4 amide bonds. The van der Waals surface area contributed by atoms with Crippen molar-refractivity contribution in [1.82, 2.24) is 16.0 Å². The third-order valence-electron chi connectivity index (χ3n) is 6.11. The van der Waals surface area contributed by atoms with E-state index in [-0.39, 0.29) is 24.7 Å². The lowest BCUT2D eigenvalue weighted by molar-refractivity contribution is -0.138. The second kappa shape index (κ2) is 12.8. The number of rotatable bonds is 10. The number of benzene rings is 2. The maximum atomic E-state index is 13.4. The fourth-order valence-corrected chi connectivity index (χ4v) is 4.47. The van der Waals surface area contributed by atoms with Crippen molar-refractivity contribution in [3.63, 3.8) is 0 Å². The minimum absolute atomic E-state index is 0.0378. The van der Waals surface area contributed by atoms with Crippen LogP contribution in [0.3, 0.4) is 0 Å². The van der Waals surface area contributed by atoms with Crippen LogP contribution in [0.1, 0.15) is 66.9 Å². The van der Waals surface area contributed by atoms with E-state index in [1.165, 1.54) is 0 Å². The topological polar surface area (TPSA) is 140 Å². The summed E-state index contributed by atoms with van der Waals surface area (Å²) < 4.78 is 5.33. The highest BCUT2D eigenvalue weighted by Gasteiger charge is 2.41. The Morgan fingerprint density at radius 1 is 0.921 bits per heavy atom. The van der Waals surface area contributed by atoms with Gasteiger partial charge in [-0.25, -0.2) is 4.79 Å². The van der Waals surface area contributed by atoms with Crippen molar-refractivity contribution < 1.29 is 23.9 Å². The zero-order chi connectivity index (χ0) is 28.7. The molecule has 0 radical (unpaired) electrons. The molecule has 0 saturated heterocycles. The van der Waals surface area contributed by atoms with Gasteiger partial charge < -0.3 is 26.4 Å². The molecule has 208 valence electrons. The number of hydrogen-bond acceptors (Lipinski definition) is 5. The molecule has 5 N–H and O–H groups in total. The number of carbonyl (C=O) groups excluding carboxylic acids is 4. The lowest BCUT2D eigenvalue weighted by Gasteiger charge is -2.36. The van der Waals surface area contributed by atoms with Gasteiger partial charge in [0.05, 0.1) is 5.92 Å². The smallest absolute Gasteiger partial charge is 0.404 e. The summed E-state index contributed by atoms with van der Waals surface area (Å²) in [4.78, 5) is 50.4. The van der Waals surface area contributed by atoms with Gasteiger partial charge in [-0.05, 0) is 55.9 Å². The molecule has 0 aromatic heterocycles. The van der Waals surface area contributed by atoms with Gasteiger partial charge in [-0.1, -0.05) is 63.2 Å². The summed E-state index contributed by atoms with van der Waals surface area (Å²) >= 11 is 0. The van der Waals surface area contributed by atoms with Gasteiger partial charge in [0.15, 0.2) is 0 Å². The molecule has 0 aliphatic carbocycles. The van der Waals surface area contributed by atoms with E-state index in [2.05, 4.69) is 16.0 Å². The Hall–Kier alpha value is -3.62. The van der Waals surface area contributed by atoms with Gasteiger partial charge in [0.25, 0.3) is 0 Å². The zero-order valence-electron chi connectivity index (χ0n) is 23.5. The first-order valence-electron chi connectivity index (χ1n) is 12.9. The quantitative estimate of drug-likeness (QED) is 0.373. The number of ether oxygens (including phenoxy) is 1. The van der Waals surface area contributed by atoms with Gasteiger partial charge in [0, 0.05) is 18.5 Å². The predicted molar refractivity (Wildman–Crippen MR) is 148 cm³/mol. The van der Waals surface area contributed by atoms with Gasteiger partial charge >= 0.3 is 6.09 Å². The fourth-order valence-electron chi connectivity index (χ4n) is 4.47. The summed E-state index contributed by atoms with van der Waals surface area (Å²) in [6.45, 7) is 13.0. The maximum absolute atomic E-state index is 13.4. The Kier molecular flexibility index (Phi) is 10.3. The van der Waals surface area contributed by atoms with Crippen molar-refractivity contribution >= 4 is 34.6 Å². The normalized spacial score (nSPS) is 14.2. The molecule has 2 aromatic rings. The summed E-state index contributed by atoms with van der Waals surface area (Å²) in [7, 11) is 0. The SMILES string of the molecule is CC(NC(=O)C(C(CCC(=O)NC(C)(C)C)OC(N)=O)C(C)(C)C)C(=O)NCc1cccc2ccccc12. The van der Waals surface area contributed by atoms with Crippen LogP contribution >= 0.6 is 0 Å². The Bertz CT molecular complexity index is 1140. The van der Waals surface area contributed by atoms with Crippen LogP contribution in [0.15, 0.2) is 42.5 Å². The monoisotopic (exact) mass is 526 g/mol. The van der Waals surface area contributed by atoms with E-state index in [0.717, 1.165) is 16.3 Å². The van der Waals surface area contributed by atoms with Gasteiger partial charge in [-0.2, -0.15) is 0 Å². The summed E-state index contributed by atoms with van der Waals surface area (Å²) in [5.74, 6) is -1.90. The molecule has 3 atom stereocenters. The van der Waals surface area contributed by atoms with E-state index in [4.69, 9.17) is 10.5 Å². The number of nitrogens with one attached hydrogen (secondary N) is 3. The molecule has 0 aliphatic rings. The minimum Gasteiger partial charge on any atom is -0.446 e. The number of amides is 4.